The zero-order chi connectivity index (χ0) is 17.3. The second-order valence-electron chi connectivity index (χ2n) is 6.37. The van der Waals surface area contributed by atoms with Gasteiger partial charge in [-0.3, -0.25) is 9.36 Å². The number of hydrogen-bond acceptors (Lipinski definition) is 3. The molecular weight excluding hydrogens is 384 g/mol. The van der Waals surface area contributed by atoms with Gasteiger partial charge in [-0.25, -0.2) is 4.98 Å². The largest absolute Gasteiger partial charge is 0.299 e. The molecule has 0 atom stereocenters. The predicted molar refractivity (Wildman–Crippen MR) is 106 cm³/mol. The molecule has 0 spiro atoms. The summed E-state index contributed by atoms with van der Waals surface area (Å²) >= 11 is 5.11. The van der Waals surface area contributed by atoms with Crippen LogP contribution in [0.25, 0.3) is 21.3 Å². The monoisotopic (exact) mass is 404 g/mol. The number of aryl methyl sites for hydroxylation is 2. The van der Waals surface area contributed by atoms with Gasteiger partial charge in [0.15, 0.2) is 0 Å². The van der Waals surface area contributed by atoms with E-state index in [1.807, 2.05) is 12.1 Å². The first-order valence-corrected chi connectivity index (χ1v) is 9.89. The highest BCUT2D eigenvalue weighted by Gasteiger charge is 2.18. The molecule has 0 aliphatic heterocycles. The summed E-state index contributed by atoms with van der Waals surface area (Å²) in [5.74, 6) is 0.562. The Morgan fingerprint density at radius 1 is 1.25 bits per heavy atom. The average Bonchev–Trinajstić information content (AvgIpc) is 2.94. The third-order valence-electron chi connectivity index (χ3n) is 4.15. The second-order valence-corrected chi connectivity index (χ2v) is 8.37. The Kier molecular flexibility index (Phi) is 5.21. The van der Waals surface area contributed by atoms with Gasteiger partial charge in [0, 0.05) is 21.5 Å². The van der Waals surface area contributed by atoms with Gasteiger partial charge in [0.1, 0.15) is 4.83 Å². The van der Waals surface area contributed by atoms with Crippen molar-refractivity contribution >= 4 is 37.5 Å². The van der Waals surface area contributed by atoms with E-state index in [1.54, 1.807) is 22.2 Å². The van der Waals surface area contributed by atoms with Crippen LogP contribution >= 0.6 is 27.3 Å². The maximum Gasteiger partial charge on any atom is 0.262 e. The van der Waals surface area contributed by atoms with Crippen LogP contribution in [0.2, 0.25) is 0 Å². The lowest BCUT2D eigenvalue weighted by Gasteiger charge is -2.08. The lowest BCUT2D eigenvalue weighted by molar-refractivity contribution is 0.506. The van der Waals surface area contributed by atoms with Crippen molar-refractivity contribution in [2.24, 2.45) is 5.92 Å². The van der Waals surface area contributed by atoms with Crippen molar-refractivity contribution in [3.63, 3.8) is 0 Å². The van der Waals surface area contributed by atoms with E-state index in [-0.39, 0.29) is 5.56 Å². The molecule has 0 saturated carbocycles. The maximum absolute atomic E-state index is 13.1. The van der Waals surface area contributed by atoms with Gasteiger partial charge < -0.3 is 0 Å². The maximum atomic E-state index is 13.1. The molecule has 2 aromatic heterocycles. The quantitative estimate of drug-likeness (QED) is 0.562. The van der Waals surface area contributed by atoms with Gasteiger partial charge in [-0.1, -0.05) is 48.8 Å². The van der Waals surface area contributed by atoms with Gasteiger partial charge >= 0.3 is 0 Å². The molecule has 1 aromatic carbocycles. The third-order valence-corrected chi connectivity index (χ3v) is 5.92. The van der Waals surface area contributed by atoms with Crippen LogP contribution in [0.1, 0.15) is 32.1 Å². The fourth-order valence-corrected chi connectivity index (χ4v) is 4.16. The van der Waals surface area contributed by atoms with Crippen LogP contribution in [0, 0.1) is 5.92 Å². The Morgan fingerprint density at radius 3 is 2.58 bits per heavy atom. The lowest BCUT2D eigenvalue weighted by atomic mass is 10.0. The van der Waals surface area contributed by atoms with Crippen molar-refractivity contribution in [3.8, 4) is 11.1 Å². The summed E-state index contributed by atoms with van der Waals surface area (Å²) in [6, 6.07) is 8.17. The van der Waals surface area contributed by atoms with E-state index in [0.717, 1.165) is 45.2 Å². The third kappa shape index (κ3) is 3.33. The molecule has 2 heterocycles. The van der Waals surface area contributed by atoms with Crippen molar-refractivity contribution in [2.75, 3.05) is 0 Å². The molecule has 3 nitrogen and oxygen atoms in total. The number of halogens is 1. The molecule has 5 heteroatoms. The number of thiophene rings is 1. The summed E-state index contributed by atoms with van der Waals surface area (Å²) in [5, 5.41) is 0.769. The standard InChI is InChI=1S/C19H21BrN2OS/c1-4-15-16(13-5-7-14(20)8-6-13)17-18(24-15)21-11-22(19(17)23)10-9-12(2)3/h5-8,11-12H,4,9-10H2,1-3H3. The van der Waals surface area contributed by atoms with Gasteiger partial charge in [-0.2, -0.15) is 0 Å². The number of fused-ring (bicyclic) bond motifs is 1. The van der Waals surface area contributed by atoms with Crippen molar-refractivity contribution in [1.82, 2.24) is 9.55 Å². The van der Waals surface area contributed by atoms with E-state index >= 15 is 0 Å². The van der Waals surface area contributed by atoms with Gasteiger partial charge in [0.2, 0.25) is 0 Å². The molecule has 24 heavy (non-hydrogen) atoms. The number of benzene rings is 1. The van der Waals surface area contributed by atoms with E-state index in [9.17, 15) is 4.79 Å². The first kappa shape index (κ1) is 17.4. The van der Waals surface area contributed by atoms with E-state index in [0.29, 0.717) is 5.92 Å². The molecular formula is C19H21BrN2OS. The van der Waals surface area contributed by atoms with E-state index in [4.69, 9.17) is 0 Å². The van der Waals surface area contributed by atoms with Gasteiger partial charge in [-0.15, -0.1) is 11.3 Å². The van der Waals surface area contributed by atoms with Crippen molar-refractivity contribution in [3.05, 3.63) is 50.3 Å². The summed E-state index contributed by atoms with van der Waals surface area (Å²) in [6.07, 6.45) is 3.58. The van der Waals surface area contributed by atoms with Crippen molar-refractivity contribution < 1.29 is 0 Å². The Bertz CT molecular complexity index is 910. The summed E-state index contributed by atoms with van der Waals surface area (Å²) in [4.78, 5) is 19.7. The summed E-state index contributed by atoms with van der Waals surface area (Å²) in [7, 11) is 0. The highest BCUT2D eigenvalue weighted by Crippen LogP contribution is 2.36. The molecule has 0 fully saturated rings. The highest BCUT2D eigenvalue weighted by molar-refractivity contribution is 9.10. The molecule has 3 aromatic rings. The van der Waals surface area contributed by atoms with Crippen LogP contribution in [-0.4, -0.2) is 9.55 Å². The molecule has 0 aliphatic rings. The molecule has 0 bridgehead atoms. The molecule has 0 unspecified atom stereocenters. The fourth-order valence-electron chi connectivity index (χ4n) is 2.80. The number of hydrogen-bond donors (Lipinski definition) is 0. The lowest BCUT2D eigenvalue weighted by Crippen LogP contribution is -2.21. The summed E-state index contributed by atoms with van der Waals surface area (Å²) < 4.78 is 2.80. The van der Waals surface area contributed by atoms with Gasteiger partial charge in [0.25, 0.3) is 5.56 Å². The first-order chi connectivity index (χ1) is 11.5. The molecule has 0 N–H and O–H groups in total. The first-order valence-electron chi connectivity index (χ1n) is 8.28. The van der Waals surface area contributed by atoms with Crippen LogP contribution < -0.4 is 5.56 Å². The Morgan fingerprint density at radius 2 is 1.96 bits per heavy atom. The molecule has 0 radical (unpaired) electrons. The fraction of sp³-hybridized carbons (Fsp3) is 0.368. The van der Waals surface area contributed by atoms with Gasteiger partial charge in [0.05, 0.1) is 11.7 Å². The average molecular weight is 405 g/mol. The predicted octanol–water partition coefficient (Wildman–Crippen LogP) is 5.50. The van der Waals surface area contributed by atoms with E-state index in [1.165, 1.54) is 4.88 Å². The number of aromatic nitrogens is 2. The zero-order valence-electron chi connectivity index (χ0n) is 14.2. The molecule has 126 valence electrons. The zero-order valence-corrected chi connectivity index (χ0v) is 16.6. The van der Waals surface area contributed by atoms with Crippen molar-refractivity contribution in [1.29, 1.82) is 0 Å². The van der Waals surface area contributed by atoms with Crippen molar-refractivity contribution in [2.45, 2.75) is 40.2 Å². The minimum Gasteiger partial charge on any atom is -0.299 e. The minimum absolute atomic E-state index is 0.0783. The van der Waals surface area contributed by atoms with Crippen LogP contribution in [0.15, 0.2) is 39.9 Å². The molecule has 0 aliphatic carbocycles. The van der Waals surface area contributed by atoms with Gasteiger partial charge in [-0.05, 0) is 36.5 Å². The topological polar surface area (TPSA) is 34.9 Å². The SMILES string of the molecule is CCc1sc2ncn(CCC(C)C)c(=O)c2c1-c1ccc(Br)cc1. The number of nitrogens with zero attached hydrogens (tertiary/aromatic N) is 2. The molecule has 0 amide bonds. The molecule has 3 rings (SSSR count). The minimum atomic E-state index is 0.0783. The number of rotatable bonds is 5. The summed E-state index contributed by atoms with van der Waals surface area (Å²) in [6.45, 7) is 7.19. The Labute approximate surface area is 154 Å². The van der Waals surface area contributed by atoms with E-state index < -0.39 is 0 Å². The van der Waals surface area contributed by atoms with Crippen LogP contribution in [0.3, 0.4) is 0 Å². The smallest absolute Gasteiger partial charge is 0.262 e. The Balaban J connectivity index is 2.20. The van der Waals surface area contributed by atoms with Crippen LogP contribution in [-0.2, 0) is 13.0 Å². The Hall–Kier alpha value is -1.46. The molecule has 0 saturated heterocycles. The van der Waals surface area contributed by atoms with Crippen LogP contribution in [0.4, 0.5) is 0 Å². The van der Waals surface area contributed by atoms with E-state index in [2.05, 4.69) is 53.8 Å². The van der Waals surface area contributed by atoms with Crippen LogP contribution in [0.5, 0.6) is 0 Å². The normalized spacial score (nSPS) is 11.5. The highest BCUT2D eigenvalue weighted by atomic mass is 79.9. The summed E-state index contributed by atoms with van der Waals surface area (Å²) in [5.41, 5.74) is 2.22. The second kappa shape index (κ2) is 7.19.